The van der Waals surface area contributed by atoms with Crippen molar-refractivity contribution in [3.05, 3.63) is 65.2 Å². The Morgan fingerprint density at radius 1 is 0.923 bits per heavy atom. The number of nitrogens with zero attached hydrogens (tertiary/aromatic N) is 1. The number of hydrogen-bond donors (Lipinski definition) is 0. The normalized spacial score (nSPS) is 21.0. The van der Waals surface area contributed by atoms with E-state index in [2.05, 4.69) is 56.3 Å². The Kier molecular flexibility index (Phi) is 6.34. The maximum absolute atomic E-state index is 8.93. The molecule has 26 heavy (non-hydrogen) atoms. The summed E-state index contributed by atoms with van der Waals surface area (Å²) in [7, 11) is 0. The number of benzene rings is 2. The van der Waals surface area contributed by atoms with Crippen LogP contribution in [0.3, 0.4) is 0 Å². The summed E-state index contributed by atoms with van der Waals surface area (Å²) >= 11 is 0. The second-order valence-electron chi connectivity index (χ2n) is 7.68. The van der Waals surface area contributed by atoms with Gasteiger partial charge in [-0.25, -0.2) is 0 Å². The van der Waals surface area contributed by atoms with Crippen molar-refractivity contribution in [2.45, 2.75) is 57.8 Å². The van der Waals surface area contributed by atoms with E-state index in [0.29, 0.717) is 17.8 Å². The summed E-state index contributed by atoms with van der Waals surface area (Å²) in [6, 6.07) is 19.1. The van der Waals surface area contributed by atoms with Gasteiger partial charge in [0.05, 0.1) is 18.2 Å². The molecule has 1 saturated carbocycles. The van der Waals surface area contributed by atoms with Gasteiger partial charge in [-0.2, -0.15) is 5.26 Å². The predicted octanol–water partition coefficient (Wildman–Crippen LogP) is 6.42. The van der Waals surface area contributed by atoms with Gasteiger partial charge in [-0.1, -0.05) is 44.5 Å². The van der Waals surface area contributed by atoms with Gasteiger partial charge in [0, 0.05) is 0 Å². The van der Waals surface area contributed by atoms with Crippen molar-refractivity contribution in [1.29, 1.82) is 5.26 Å². The Morgan fingerprint density at radius 3 is 1.88 bits per heavy atom. The van der Waals surface area contributed by atoms with Crippen LogP contribution in [0.5, 0.6) is 5.75 Å². The molecular formula is C24H29NO. The van der Waals surface area contributed by atoms with Crippen LogP contribution in [0.25, 0.3) is 0 Å². The fourth-order valence-electron chi connectivity index (χ4n) is 3.78. The van der Waals surface area contributed by atoms with Crippen molar-refractivity contribution in [3.8, 4) is 11.8 Å². The minimum atomic E-state index is 0.604. The molecule has 0 amide bonds. The zero-order chi connectivity index (χ0) is 18.4. The van der Waals surface area contributed by atoms with Crippen LogP contribution < -0.4 is 4.74 Å². The zero-order valence-electron chi connectivity index (χ0n) is 15.9. The van der Waals surface area contributed by atoms with E-state index in [4.69, 9.17) is 10.00 Å². The first-order valence-electron chi connectivity index (χ1n) is 9.92. The van der Waals surface area contributed by atoms with Crippen LogP contribution in [0.15, 0.2) is 48.5 Å². The molecule has 2 aromatic rings. The van der Waals surface area contributed by atoms with Crippen molar-refractivity contribution >= 4 is 0 Å². The van der Waals surface area contributed by atoms with Gasteiger partial charge in [0.1, 0.15) is 5.75 Å². The van der Waals surface area contributed by atoms with Crippen molar-refractivity contribution in [1.82, 2.24) is 0 Å². The Morgan fingerprint density at radius 2 is 1.42 bits per heavy atom. The first-order valence-corrected chi connectivity index (χ1v) is 9.92. The van der Waals surface area contributed by atoms with Crippen LogP contribution in [0.1, 0.15) is 74.5 Å². The summed E-state index contributed by atoms with van der Waals surface area (Å²) in [4.78, 5) is 0. The van der Waals surface area contributed by atoms with E-state index in [9.17, 15) is 0 Å². The molecule has 0 radical (unpaired) electrons. The van der Waals surface area contributed by atoms with Crippen molar-refractivity contribution in [2.75, 3.05) is 6.61 Å². The van der Waals surface area contributed by atoms with Crippen LogP contribution in [0.4, 0.5) is 0 Å². The lowest BCUT2D eigenvalue weighted by molar-refractivity contribution is 0.256. The van der Waals surface area contributed by atoms with Gasteiger partial charge in [-0.05, 0) is 78.8 Å². The minimum Gasteiger partial charge on any atom is -0.493 e. The Balaban J connectivity index is 1.53. The molecule has 0 bridgehead atoms. The molecule has 2 nitrogen and oxygen atoms in total. The third kappa shape index (κ3) is 4.67. The first kappa shape index (κ1) is 18.5. The SMILES string of the molecule is CCC(C)COc1ccc(C2CCC(c3ccc(C#N)cc3)CC2)cc1. The second kappa shape index (κ2) is 8.90. The van der Waals surface area contributed by atoms with Crippen molar-refractivity contribution < 1.29 is 4.74 Å². The van der Waals surface area contributed by atoms with Crippen molar-refractivity contribution in [2.24, 2.45) is 5.92 Å². The monoisotopic (exact) mass is 347 g/mol. The van der Waals surface area contributed by atoms with Gasteiger partial charge in [0.15, 0.2) is 0 Å². The average molecular weight is 348 g/mol. The number of rotatable bonds is 6. The summed E-state index contributed by atoms with van der Waals surface area (Å²) in [5, 5.41) is 8.93. The van der Waals surface area contributed by atoms with Crippen LogP contribution in [0, 0.1) is 17.2 Å². The molecule has 0 saturated heterocycles. The van der Waals surface area contributed by atoms with E-state index in [-0.39, 0.29) is 0 Å². The lowest BCUT2D eigenvalue weighted by Gasteiger charge is -2.29. The quantitative estimate of drug-likeness (QED) is 0.603. The van der Waals surface area contributed by atoms with Crippen LogP contribution >= 0.6 is 0 Å². The molecule has 1 fully saturated rings. The molecule has 1 atom stereocenters. The van der Waals surface area contributed by atoms with Gasteiger partial charge in [0.2, 0.25) is 0 Å². The highest BCUT2D eigenvalue weighted by molar-refractivity contribution is 5.34. The van der Waals surface area contributed by atoms with E-state index in [1.165, 1.54) is 36.8 Å². The number of ether oxygens (including phenoxy) is 1. The second-order valence-corrected chi connectivity index (χ2v) is 7.68. The Hall–Kier alpha value is -2.27. The van der Waals surface area contributed by atoms with E-state index in [1.807, 2.05) is 12.1 Å². The van der Waals surface area contributed by atoms with Crippen molar-refractivity contribution in [3.63, 3.8) is 0 Å². The van der Waals surface area contributed by atoms with E-state index in [1.54, 1.807) is 0 Å². The fraction of sp³-hybridized carbons (Fsp3) is 0.458. The first-order chi connectivity index (χ1) is 12.7. The third-order valence-corrected chi connectivity index (χ3v) is 5.82. The Labute approximate surface area is 157 Å². The molecule has 0 aliphatic heterocycles. The molecule has 0 N–H and O–H groups in total. The molecule has 1 aliphatic carbocycles. The molecule has 2 heteroatoms. The molecule has 1 aliphatic rings. The molecule has 136 valence electrons. The summed E-state index contributed by atoms with van der Waals surface area (Å²) in [5.74, 6) is 2.89. The highest BCUT2D eigenvalue weighted by atomic mass is 16.5. The fourth-order valence-corrected chi connectivity index (χ4v) is 3.78. The molecule has 0 spiro atoms. The standard InChI is InChI=1S/C24H29NO/c1-3-18(2)17-26-24-14-12-23(13-15-24)22-10-8-21(9-11-22)20-6-4-19(16-25)5-7-20/h4-7,12-15,18,21-22H,3,8-11,17H2,1-2H3. The van der Waals surface area contributed by atoms with E-state index >= 15 is 0 Å². The summed E-state index contributed by atoms with van der Waals surface area (Å²) in [5.41, 5.74) is 3.58. The van der Waals surface area contributed by atoms with Gasteiger partial charge < -0.3 is 4.74 Å². The summed E-state index contributed by atoms with van der Waals surface area (Å²) in [6.07, 6.45) is 6.07. The van der Waals surface area contributed by atoms with Gasteiger partial charge in [0.25, 0.3) is 0 Å². The predicted molar refractivity (Wildman–Crippen MR) is 106 cm³/mol. The minimum absolute atomic E-state index is 0.604. The molecule has 0 heterocycles. The number of hydrogen-bond acceptors (Lipinski definition) is 2. The maximum atomic E-state index is 8.93. The highest BCUT2D eigenvalue weighted by Gasteiger charge is 2.23. The highest BCUT2D eigenvalue weighted by Crippen LogP contribution is 2.40. The molecular weight excluding hydrogens is 318 g/mol. The topological polar surface area (TPSA) is 33.0 Å². The lowest BCUT2D eigenvalue weighted by atomic mass is 9.76. The molecule has 2 aromatic carbocycles. The largest absolute Gasteiger partial charge is 0.493 e. The molecule has 1 unspecified atom stereocenters. The van der Waals surface area contributed by atoms with Crippen LogP contribution in [-0.4, -0.2) is 6.61 Å². The lowest BCUT2D eigenvalue weighted by Crippen LogP contribution is -2.12. The maximum Gasteiger partial charge on any atom is 0.119 e. The smallest absolute Gasteiger partial charge is 0.119 e. The third-order valence-electron chi connectivity index (χ3n) is 5.82. The van der Waals surface area contributed by atoms with E-state index in [0.717, 1.165) is 24.3 Å². The summed E-state index contributed by atoms with van der Waals surface area (Å²) < 4.78 is 5.87. The van der Waals surface area contributed by atoms with Crippen LogP contribution in [-0.2, 0) is 0 Å². The zero-order valence-corrected chi connectivity index (χ0v) is 15.9. The van der Waals surface area contributed by atoms with E-state index < -0.39 is 0 Å². The molecule has 0 aromatic heterocycles. The number of nitriles is 1. The van der Waals surface area contributed by atoms with Gasteiger partial charge in [-0.15, -0.1) is 0 Å². The summed E-state index contributed by atoms with van der Waals surface area (Å²) in [6.45, 7) is 5.22. The van der Waals surface area contributed by atoms with Gasteiger partial charge in [-0.3, -0.25) is 0 Å². The van der Waals surface area contributed by atoms with Crippen LogP contribution in [0.2, 0.25) is 0 Å². The Bertz CT molecular complexity index is 718. The average Bonchev–Trinajstić information content (AvgIpc) is 2.72. The van der Waals surface area contributed by atoms with Gasteiger partial charge >= 0.3 is 0 Å². The molecule has 3 rings (SSSR count).